The Bertz CT molecular complexity index is 2610. The molecule has 3 heterocycles. The average Bonchev–Trinajstić information content (AvgIpc) is 3.34. The summed E-state index contributed by atoms with van der Waals surface area (Å²) in [5.74, 6) is -6.89. The van der Waals surface area contributed by atoms with E-state index in [1.165, 1.54) is 24.3 Å². The molecule has 1 unspecified atom stereocenters. The zero-order valence-corrected chi connectivity index (χ0v) is 42.6. The molecule has 0 aliphatic carbocycles. The van der Waals surface area contributed by atoms with Gasteiger partial charge in [-0.2, -0.15) is 0 Å². The highest BCUT2D eigenvalue weighted by Crippen LogP contribution is 2.39. The summed E-state index contributed by atoms with van der Waals surface area (Å²) in [6.45, 7) is 8.06. The predicted octanol–water partition coefficient (Wildman–Crippen LogP) is 10.4. The predicted molar refractivity (Wildman–Crippen MR) is 260 cm³/mol. The maximum absolute atomic E-state index is 13.8. The van der Waals surface area contributed by atoms with Crippen molar-refractivity contribution in [3.63, 3.8) is 0 Å². The molecule has 4 aromatic carbocycles. The van der Waals surface area contributed by atoms with E-state index in [9.17, 15) is 44.0 Å². The van der Waals surface area contributed by atoms with Gasteiger partial charge in [0, 0.05) is 65.1 Å². The molecule has 0 aromatic heterocycles. The van der Waals surface area contributed by atoms with Crippen LogP contribution in [0.4, 0.5) is 17.6 Å². The van der Waals surface area contributed by atoms with Gasteiger partial charge in [0.25, 0.3) is 5.91 Å². The van der Waals surface area contributed by atoms with Crippen molar-refractivity contribution in [3.05, 3.63) is 108 Å². The molecule has 4 aromatic rings. The van der Waals surface area contributed by atoms with Crippen molar-refractivity contribution in [2.75, 3.05) is 33.0 Å². The Morgan fingerprint density at radius 2 is 0.958 bits per heavy atom. The van der Waals surface area contributed by atoms with Gasteiger partial charge >= 0.3 is 5.97 Å². The lowest BCUT2D eigenvalue weighted by Crippen LogP contribution is -2.56. The lowest BCUT2D eigenvalue weighted by atomic mass is 9.98. The summed E-state index contributed by atoms with van der Waals surface area (Å²) in [6.07, 6.45) is 2.03. The van der Waals surface area contributed by atoms with Crippen molar-refractivity contribution in [2.24, 2.45) is 0 Å². The Morgan fingerprint density at radius 3 is 1.32 bits per heavy atom. The second kappa shape index (κ2) is 23.0. The first-order valence-corrected chi connectivity index (χ1v) is 26.9. The molecular weight excluding hydrogens is 967 g/mol. The number of alkyl halides is 4. The molecule has 1 N–H and O–H groups in total. The fraction of sp³-hybridized carbons (Fsp3) is 0.509. The number of rotatable bonds is 16. The monoisotopic (exact) mass is 1030 g/mol. The molecule has 1 atom stereocenters. The third-order valence-electron chi connectivity index (χ3n) is 12.8. The molecule has 12 nitrogen and oxygen atoms in total. The van der Waals surface area contributed by atoms with Crippen molar-refractivity contribution in [1.29, 1.82) is 0 Å². The van der Waals surface area contributed by atoms with E-state index >= 15 is 0 Å². The zero-order chi connectivity index (χ0) is 51.7. The summed E-state index contributed by atoms with van der Waals surface area (Å²) in [5, 5.41) is 0. The van der Waals surface area contributed by atoms with Crippen LogP contribution in [0.15, 0.2) is 107 Å². The third kappa shape index (κ3) is 14.3. The van der Waals surface area contributed by atoms with E-state index in [0.29, 0.717) is 13.0 Å². The van der Waals surface area contributed by atoms with E-state index in [4.69, 9.17) is 23.8 Å². The van der Waals surface area contributed by atoms with Crippen LogP contribution in [0, 0.1) is 0 Å². The fourth-order valence-corrected chi connectivity index (χ4v) is 12.4. The average molecular weight is 1030 g/mol. The first-order chi connectivity index (χ1) is 33.3. The van der Waals surface area contributed by atoms with Crippen molar-refractivity contribution < 1.29 is 67.8 Å². The summed E-state index contributed by atoms with van der Waals surface area (Å²) in [7, 11) is -8.13. The molecule has 3 aliphatic heterocycles. The molecule has 388 valence electrons. The van der Waals surface area contributed by atoms with E-state index in [2.05, 4.69) is 5.48 Å². The van der Waals surface area contributed by atoms with Gasteiger partial charge in [0.1, 0.15) is 5.60 Å². The number of amides is 1. The van der Waals surface area contributed by atoms with Crippen LogP contribution in [0.2, 0.25) is 0 Å². The van der Waals surface area contributed by atoms with Gasteiger partial charge in [0.2, 0.25) is 11.8 Å². The van der Waals surface area contributed by atoms with Crippen LogP contribution in [0.1, 0.15) is 104 Å². The van der Waals surface area contributed by atoms with Crippen LogP contribution >= 0.6 is 0 Å². The molecule has 3 aliphatic rings. The number of esters is 1. The van der Waals surface area contributed by atoms with Crippen molar-refractivity contribution in [2.45, 2.75) is 148 Å². The molecule has 0 bridgehead atoms. The highest BCUT2D eigenvalue weighted by Gasteiger charge is 2.55. The Hall–Kier alpha value is -4.72. The molecular formula is C53H65F4NO11S2. The molecule has 71 heavy (non-hydrogen) atoms. The van der Waals surface area contributed by atoms with E-state index in [-0.39, 0.29) is 87.6 Å². The maximum atomic E-state index is 13.8. The Labute approximate surface area is 414 Å². The molecule has 0 radical (unpaired) electrons. The third-order valence-corrected chi connectivity index (χ3v) is 17.9. The van der Waals surface area contributed by atoms with Crippen LogP contribution in [0.5, 0.6) is 0 Å². The van der Waals surface area contributed by atoms with Gasteiger partial charge in [-0.15, -0.1) is 0 Å². The Kier molecular flexibility index (Phi) is 18.0. The zero-order valence-electron chi connectivity index (χ0n) is 40.9. The highest BCUT2D eigenvalue weighted by atomic mass is 32.2. The van der Waals surface area contributed by atoms with Gasteiger partial charge in [-0.25, -0.2) is 44.7 Å². The second-order valence-corrected chi connectivity index (χ2v) is 24.2. The van der Waals surface area contributed by atoms with E-state index < -0.39 is 64.8 Å². The summed E-state index contributed by atoms with van der Waals surface area (Å²) in [6, 6.07) is 27.2. The second-order valence-electron chi connectivity index (χ2n) is 19.7. The minimum Gasteiger partial charge on any atom is -0.459 e. The standard InChI is InChI=1S/C27H33F2NO6S.C26H32F2O5S/c1-26(28,29)14-13-20-5-7-21(8-6-20)22-9-11-23(12-10-22)37(32,33)27(15-18-34-19-16-27)25(31)30-36-24-4-2-3-17-35-24;1-24(2,3)33-23(29)26(15-17-32-18-16-26)34(30,31)22-11-9-21(10-12-22)20-7-5-19(6-8-20)13-14-25(4,27)28/h5-12,24H,2-4,13-19H2,1H3,(H,30,31);5-12H,13-18H2,1-4H3. The van der Waals surface area contributed by atoms with E-state index in [0.717, 1.165) is 60.1 Å². The minimum absolute atomic E-state index is 0.00999. The maximum Gasteiger partial charge on any atom is 0.328 e. The summed E-state index contributed by atoms with van der Waals surface area (Å²) >= 11 is 0. The number of aryl methyl sites for hydroxylation is 2. The smallest absolute Gasteiger partial charge is 0.328 e. The van der Waals surface area contributed by atoms with Gasteiger partial charge in [-0.05, 0) is 131 Å². The fourth-order valence-electron chi connectivity index (χ4n) is 8.55. The highest BCUT2D eigenvalue weighted by molar-refractivity contribution is 7.94. The molecule has 0 spiro atoms. The van der Waals surface area contributed by atoms with Gasteiger partial charge < -0.3 is 18.9 Å². The number of sulfone groups is 2. The quantitative estimate of drug-likeness (QED) is 0.0646. The van der Waals surface area contributed by atoms with E-state index in [1.54, 1.807) is 69.3 Å². The lowest BCUT2D eigenvalue weighted by Gasteiger charge is -2.36. The SMILES string of the molecule is CC(F)(F)CCc1ccc(-c2ccc(S(=O)(=O)C3(C(=O)NOC4CCCCO4)CCOCC3)cc2)cc1.CC(F)(F)CCc1ccc(-c2ccc(S(=O)(=O)C3(C(=O)OC(C)(C)C)CCOCC3)cc2)cc1. The van der Waals surface area contributed by atoms with Crippen LogP contribution in [0.25, 0.3) is 22.3 Å². The Balaban J connectivity index is 0.000000233. The number of halogens is 4. The van der Waals surface area contributed by atoms with Crippen molar-refractivity contribution in [1.82, 2.24) is 5.48 Å². The number of carbonyl (C=O) groups excluding carboxylic acids is 2. The number of benzene rings is 4. The van der Waals surface area contributed by atoms with Crippen molar-refractivity contribution >= 4 is 31.6 Å². The van der Waals surface area contributed by atoms with Crippen LogP contribution in [-0.2, 0) is 65.9 Å². The van der Waals surface area contributed by atoms with Gasteiger partial charge in [-0.3, -0.25) is 9.59 Å². The van der Waals surface area contributed by atoms with Gasteiger partial charge in [-0.1, -0.05) is 72.8 Å². The summed E-state index contributed by atoms with van der Waals surface area (Å²) in [4.78, 5) is 31.8. The molecule has 3 saturated heterocycles. The first kappa shape index (κ1) is 55.6. The number of hydroxylamine groups is 1. The molecule has 1 amide bonds. The van der Waals surface area contributed by atoms with Gasteiger partial charge in [0.05, 0.1) is 9.79 Å². The van der Waals surface area contributed by atoms with Gasteiger partial charge in [0.15, 0.2) is 35.5 Å². The lowest BCUT2D eigenvalue weighted by molar-refractivity contribution is -0.202. The van der Waals surface area contributed by atoms with E-state index in [1.807, 2.05) is 24.3 Å². The normalized spacial score (nSPS) is 18.6. The first-order valence-electron chi connectivity index (χ1n) is 23.9. The van der Waals surface area contributed by atoms with Crippen LogP contribution in [-0.4, -0.2) is 95.0 Å². The number of hydrogen-bond donors (Lipinski definition) is 1. The summed E-state index contributed by atoms with van der Waals surface area (Å²) < 4.78 is 126. The summed E-state index contributed by atoms with van der Waals surface area (Å²) in [5.41, 5.74) is 6.37. The molecule has 0 saturated carbocycles. The number of nitrogens with one attached hydrogen (secondary N) is 1. The largest absolute Gasteiger partial charge is 0.459 e. The van der Waals surface area contributed by atoms with Crippen molar-refractivity contribution in [3.8, 4) is 22.3 Å². The minimum atomic E-state index is -4.09. The number of ether oxygens (including phenoxy) is 4. The number of hydrogen-bond acceptors (Lipinski definition) is 11. The Morgan fingerprint density at radius 1 is 0.577 bits per heavy atom. The molecule has 7 rings (SSSR count). The van der Waals surface area contributed by atoms with Crippen LogP contribution < -0.4 is 5.48 Å². The molecule has 3 fully saturated rings. The topological polar surface area (TPSA) is 161 Å². The molecule has 18 heteroatoms. The number of carbonyl (C=O) groups is 2. The van der Waals surface area contributed by atoms with Crippen LogP contribution in [0.3, 0.4) is 0 Å².